The molecule has 2 rings (SSSR count). The summed E-state index contributed by atoms with van der Waals surface area (Å²) in [6, 6.07) is 2.53. The van der Waals surface area contributed by atoms with Gasteiger partial charge in [0.1, 0.15) is 5.82 Å². The molecule has 1 aromatic rings. The maximum absolute atomic E-state index is 13.2. The molecule has 1 unspecified atom stereocenters. The molecule has 0 aliphatic carbocycles. The molecule has 1 aliphatic heterocycles. The molecule has 1 aliphatic rings. The summed E-state index contributed by atoms with van der Waals surface area (Å²) >= 11 is 0. The average Bonchev–Trinajstić information content (AvgIpc) is 2.75. The minimum absolute atomic E-state index is 0.00204. The molecule has 1 fully saturated rings. The number of hydrogen-bond acceptors (Lipinski definition) is 2. The van der Waals surface area contributed by atoms with Gasteiger partial charge < -0.3 is 10.0 Å². The number of halogens is 4. The first-order valence-corrected chi connectivity index (χ1v) is 5.64. The maximum atomic E-state index is 13.2. The Hall–Kier alpha value is -1.30. The van der Waals surface area contributed by atoms with Crippen LogP contribution in [0.1, 0.15) is 12.0 Å². The standard InChI is InChI=1S/C12H13F4NO/c13-10-3-9(12(14,15)16)4-11(5-10)17-2-1-8(6-17)7-18/h3-5,8,18H,1-2,6-7H2. The summed E-state index contributed by atoms with van der Waals surface area (Å²) in [6.45, 7) is 0.987. The van der Waals surface area contributed by atoms with E-state index in [0.29, 0.717) is 25.6 Å². The Morgan fingerprint density at radius 2 is 2.00 bits per heavy atom. The lowest BCUT2D eigenvalue weighted by Gasteiger charge is -2.20. The van der Waals surface area contributed by atoms with Gasteiger partial charge in [0.25, 0.3) is 0 Å². The van der Waals surface area contributed by atoms with Gasteiger partial charge in [0, 0.05) is 31.3 Å². The number of rotatable bonds is 2. The van der Waals surface area contributed by atoms with Gasteiger partial charge in [-0.25, -0.2) is 4.39 Å². The van der Waals surface area contributed by atoms with Crippen LogP contribution < -0.4 is 4.90 Å². The van der Waals surface area contributed by atoms with Gasteiger partial charge >= 0.3 is 6.18 Å². The number of nitrogens with zero attached hydrogens (tertiary/aromatic N) is 1. The van der Waals surface area contributed by atoms with E-state index in [2.05, 4.69) is 0 Å². The van der Waals surface area contributed by atoms with Crippen LogP contribution in [0.3, 0.4) is 0 Å². The maximum Gasteiger partial charge on any atom is 0.416 e. The van der Waals surface area contributed by atoms with E-state index in [1.165, 1.54) is 0 Å². The predicted octanol–water partition coefficient (Wildman–Crippen LogP) is 2.66. The second-order valence-electron chi connectivity index (χ2n) is 4.48. The van der Waals surface area contributed by atoms with Crippen LogP contribution in [-0.4, -0.2) is 24.8 Å². The summed E-state index contributed by atoms with van der Waals surface area (Å²) in [4.78, 5) is 1.67. The Balaban J connectivity index is 2.26. The normalized spacial score (nSPS) is 20.5. The van der Waals surface area contributed by atoms with Crippen LogP contribution in [0.25, 0.3) is 0 Å². The van der Waals surface area contributed by atoms with Gasteiger partial charge in [0.05, 0.1) is 5.56 Å². The van der Waals surface area contributed by atoms with Crippen molar-refractivity contribution in [2.24, 2.45) is 5.92 Å². The van der Waals surface area contributed by atoms with Gasteiger partial charge in [-0.1, -0.05) is 0 Å². The molecule has 1 N–H and O–H groups in total. The molecule has 0 amide bonds. The van der Waals surface area contributed by atoms with Crippen molar-refractivity contribution in [1.82, 2.24) is 0 Å². The summed E-state index contributed by atoms with van der Waals surface area (Å²) < 4.78 is 50.9. The van der Waals surface area contributed by atoms with Crippen molar-refractivity contribution < 1.29 is 22.7 Å². The Morgan fingerprint density at radius 3 is 2.56 bits per heavy atom. The second kappa shape index (κ2) is 4.76. The third-order valence-electron chi connectivity index (χ3n) is 3.12. The lowest BCUT2D eigenvalue weighted by Crippen LogP contribution is -2.21. The number of anilines is 1. The lowest BCUT2D eigenvalue weighted by atomic mass is 10.1. The topological polar surface area (TPSA) is 23.5 Å². The van der Waals surface area contributed by atoms with Crippen LogP contribution in [0.2, 0.25) is 0 Å². The first-order chi connectivity index (χ1) is 8.40. The molecular formula is C12H13F4NO. The molecule has 0 spiro atoms. The third kappa shape index (κ3) is 2.75. The summed E-state index contributed by atoms with van der Waals surface area (Å²) in [6.07, 6.45) is -3.85. The zero-order chi connectivity index (χ0) is 13.3. The zero-order valence-corrected chi connectivity index (χ0v) is 9.54. The molecule has 0 saturated carbocycles. The van der Waals surface area contributed by atoms with Crippen LogP contribution in [0, 0.1) is 11.7 Å². The summed E-state index contributed by atoms with van der Waals surface area (Å²) in [7, 11) is 0. The van der Waals surface area contributed by atoms with Gasteiger partial charge in [0.2, 0.25) is 0 Å². The van der Waals surface area contributed by atoms with Crippen LogP contribution in [-0.2, 0) is 6.18 Å². The van der Waals surface area contributed by atoms with Crippen molar-refractivity contribution in [2.45, 2.75) is 12.6 Å². The van der Waals surface area contributed by atoms with Crippen LogP contribution >= 0.6 is 0 Å². The van der Waals surface area contributed by atoms with E-state index < -0.39 is 17.6 Å². The Labute approximate surface area is 102 Å². The van der Waals surface area contributed by atoms with E-state index >= 15 is 0 Å². The minimum Gasteiger partial charge on any atom is -0.396 e. The lowest BCUT2D eigenvalue weighted by molar-refractivity contribution is -0.137. The smallest absolute Gasteiger partial charge is 0.396 e. The monoisotopic (exact) mass is 263 g/mol. The van der Waals surface area contributed by atoms with Crippen molar-refractivity contribution in [2.75, 3.05) is 24.6 Å². The molecule has 0 radical (unpaired) electrons. The highest BCUT2D eigenvalue weighted by molar-refractivity contribution is 5.50. The first-order valence-electron chi connectivity index (χ1n) is 5.64. The van der Waals surface area contributed by atoms with Gasteiger partial charge in [0.15, 0.2) is 0 Å². The van der Waals surface area contributed by atoms with E-state index in [0.717, 1.165) is 12.1 Å². The van der Waals surface area contributed by atoms with E-state index in [4.69, 9.17) is 5.11 Å². The Kier molecular flexibility index (Phi) is 3.47. The molecule has 1 aromatic carbocycles. The van der Waals surface area contributed by atoms with Gasteiger partial charge in [-0.15, -0.1) is 0 Å². The Morgan fingerprint density at radius 1 is 1.28 bits per heavy atom. The van der Waals surface area contributed by atoms with E-state index in [1.807, 2.05) is 0 Å². The molecule has 1 atom stereocenters. The van der Waals surface area contributed by atoms with Gasteiger partial charge in [-0.2, -0.15) is 13.2 Å². The molecule has 2 nitrogen and oxygen atoms in total. The highest BCUT2D eigenvalue weighted by Gasteiger charge is 2.32. The van der Waals surface area contributed by atoms with E-state index in [9.17, 15) is 17.6 Å². The Bertz CT molecular complexity index is 433. The molecule has 100 valence electrons. The van der Waals surface area contributed by atoms with Crippen molar-refractivity contribution in [3.63, 3.8) is 0 Å². The summed E-state index contributed by atoms with van der Waals surface area (Å²) in [5.41, 5.74) is -0.761. The number of benzene rings is 1. The fourth-order valence-electron chi connectivity index (χ4n) is 2.14. The molecule has 0 bridgehead atoms. The number of hydrogen-bond donors (Lipinski definition) is 1. The highest BCUT2D eigenvalue weighted by atomic mass is 19.4. The average molecular weight is 263 g/mol. The van der Waals surface area contributed by atoms with Crippen LogP contribution in [0.5, 0.6) is 0 Å². The molecule has 18 heavy (non-hydrogen) atoms. The quantitative estimate of drug-likeness (QED) is 0.829. The summed E-state index contributed by atoms with van der Waals surface area (Å²) in [5, 5.41) is 8.99. The largest absolute Gasteiger partial charge is 0.416 e. The van der Waals surface area contributed by atoms with Crippen molar-refractivity contribution in [3.8, 4) is 0 Å². The number of aliphatic hydroxyl groups excluding tert-OH is 1. The van der Waals surface area contributed by atoms with Crippen molar-refractivity contribution in [1.29, 1.82) is 0 Å². The minimum atomic E-state index is -4.55. The van der Waals surface area contributed by atoms with E-state index in [-0.39, 0.29) is 18.2 Å². The molecule has 0 aromatic heterocycles. The number of aliphatic hydroxyl groups is 1. The molecular weight excluding hydrogens is 250 g/mol. The van der Waals surface area contributed by atoms with E-state index in [1.54, 1.807) is 4.90 Å². The highest BCUT2D eigenvalue weighted by Crippen LogP contribution is 2.34. The number of alkyl halides is 3. The fourth-order valence-corrected chi connectivity index (χ4v) is 2.14. The molecule has 6 heteroatoms. The zero-order valence-electron chi connectivity index (χ0n) is 9.54. The summed E-state index contributed by atoms with van der Waals surface area (Å²) in [5.74, 6) is -0.852. The van der Waals surface area contributed by atoms with Gasteiger partial charge in [-0.3, -0.25) is 0 Å². The van der Waals surface area contributed by atoms with Crippen LogP contribution in [0.4, 0.5) is 23.2 Å². The van der Waals surface area contributed by atoms with Crippen molar-refractivity contribution in [3.05, 3.63) is 29.6 Å². The van der Waals surface area contributed by atoms with Gasteiger partial charge in [-0.05, 0) is 24.6 Å². The predicted molar refractivity (Wildman–Crippen MR) is 58.8 cm³/mol. The molecule has 1 heterocycles. The fraction of sp³-hybridized carbons (Fsp3) is 0.500. The molecule has 1 saturated heterocycles. The first kappa shape index (κ1) is 13.1. The SMILES string of the molecule is OCC1CCN(c2cc(F)cc(C(F)(F)F)c2)C1. The van der Waals surface area contributed by atoms with Crippen LogP contribution in [0.15, 0.2) is 18.2 Å². The third-order valence-corrected chi connectivity index (χ3v) is 3.12. The second-order valence-corrected chi connectivity index (χ2v) is 4.48. The van der Waals surface area contributed by atoms with Crippen molar-refractivity contribution >= 4 is 5.69 Å².